The minimum Gasteiger partial charge on any atom is -0.507 e. The third-order valence-electron chi connectivity index (χ3n) is 3.46. The molecule has 0 fully saturated rings. The van der Waals surface area contributed by atoms with E-state index in [1.807, 2.05) is 0 Å². The van der Waals surface area contributed by atoms with E-state index in [1.165, 1.54) is 13.2 Å². The molecule has 0 atom stereocenters. The Hall–Kier alpha value is -2.76. The van der Waals surface area contributed by atoms with Gasteiger partial charge in [-0.25, -0.2) is 4.79 Å². The van der Waals surface area contributed by atoms with Gasteiger partial charge in [0.15, 0.2) is 0 Å². The van der Waals surface area contributed by atoms with Crippen molar-refractivity contribution in [1.29, 1.82) is 0 Å². The molecule has 1 N–H and O–H groups in total. The zero-order valence-electron chi connectivity index (χ0n) is 12.1. The number of rotatable bonds is 1. The van der Waals surface area contributed by atoms with E-state index in [2.05, 4.69) is 0 Å². The summed E-state index contributed by atoms with van der Waals surface area (Å²) in [5.74, 6) is -0.873. The van der Waals surface area contributed by atoms with Crippen molar-refractivity contribution in [3.63, 3.8) is 0 Å². The topological polar surface area (TPSA) is 86.0 Å². The van der Waals surface area contributed by atoms with Crippen LogP contribution in [-0.4, -0.2) is 24.8 Å². The number of hydrogen-bond acceptors (Lipinski definition) is 6. The summed E-state index contributed by atoms with van der Waals surface area (Å²) in [6.07, 6.45) is 2.01. The first kappa shape index (κ1) is 14.2. The summed E-state index contributed by atoms with van der Waals surface area (Å²) < 4.78 is 15.7. The Morgan fingerprint density at radius 2 is 2.14 bits per heavy atom. The fourth-order valence-electron chi connectivity index (χ4n) is 2.50. The van der Waals surface area contributed by atoms with Crippen molar-refractivity contribution in [3.8, 4) is 11.7 Å². The van der Waals surface area contributed by atoms with Gasteiger partial charge in [0, 0.05) is 6.42 Å². The summed E-state index contributed by atoms with van der Waals surface area (Å²) in [5.41, 5.74) is 0.506. The summed E-state index contributed by atoms with van der Waals surface area (Å²) in [6.45, 7) is 2.05. The standard InChI is InChI=1S/C16H14O6/c1-8-6-10(17)13-11(7-8)22-16-12(14(13)18)9(15(19)20-2)4-3-5-21-16/h4,6-7,17H,3,5H2,1-2H3. The predicted molar refractivity (Wildman–Crippen MR) is 79.0 cm³/mol. The largest absolute Gasteiger partial charge is 0.507 e. The van der Waals surface area contributed by atoms with E-state index in [4.69, 9.17) is 13.9 Å². The number of aryl methyl sites for hydroxylation is 1. The average molecular weight is 302 g/mol. The zero-order chi connectivity index (χ0) is 15.9. The van der Waals surface area contributed by atoms with Crippen LogP contribution in [0.4, 0.5) is 0 Å². The van der Waals surface area contributed by atoms with Crippen LogP contribution in [0.3, 0.4) is 0 Å². The van der Waals surface area contributed by atoms with Gasteiger partial charge in [-0.2, -0.15) is 0 Å². The van der Waals surface area contributed by atoms with Gasteiger partial charge in [0.1, 0.15) is 22.3 Å². The Labute approximate surface area is 125 Å². The number of aromatic hydroxyl groups is 1. The lowest BCUT2D eigenvalue weighted by molar-refractivity contribution is -0.133. The van der Waals surface area contributed by atoms with Crippen molar-refractivity contribution in [3.05, 3.63) is 39.6 Å². The second-order valence-electron chi connectivity index (χ2n) is 5.00. The Kier molecular flexibility index (Phi) is 3.36. The maximum Gasteiger partial charge on any atom is 0.338 e. The Bertz CT molecular complexity index is 859. The summed E-state index contributed by atoms with van der Waals surface area (Å²) in [6, 6.07) is 3.09. The van der Waals surface area contributed by atoms with E-state index < -0.39 is 11.4 Å². The number of ether oxygens (including phenoxy) is 2. The van der Waals surface area contributed by atoms with E-state index in [0.29, 0.717) is 6.42 Å². The number of phenols is 1. The smallest absolute Gasteiger partial charge is 0.338 e. The van der Waals surface area contributed by atoms with Crippen molar-refractivity contribution in [2.45, 2.75) is 13.3 Å². The minimum absolute atomic E-state index is 0.0176. The molecule has 0 radical (unpaired) electrons. The molecule has 2 aromatic rings. The molecule has 2 heterocycles. The van der Waals surface area contributed by atoms with Crippen LogP contribution in [0.2, 0.25) is 0 Å². The fraction of sp³-hybridized carbons (Fsp3) is 0.250. The lowest BCUT2D eigenvalue weighted by Crippen LogP contribution is -2.15. The lowest BCUT2D eigenvalue weighted by atomic mass is 10.0. The molecular weight excluding hydrogens is 288 g/mol. The van der Waals surface area contributed by atoms with Crippen molar-refractivity contribution in [2.75, 3.05) is 13.7 Å². The van der Waals surface area contributed by atoms with Crippen molar-refractivity contribution >= 4 is 22.5 Å². The van der Waals surface area contributed by atoms with E-state index >= 15 is 0 Å². The molecule has 6 heteroatoms. The van der Waals surface area contributed by atoms with Gasteiger partial charge in [-0.05, 0) is 24.6 Å². The molecule has 114 valence electrons. The van der Waals surface area contributed by atoms with Gasteiger partial charge in [0.2, 0.25) is 5.43 Å². The van der Waals surface area contributed by atoms with Gasteiger partial charge in [-0.3, -0.25) is 4.79 Å². The SMILES string of the molecule is COC(=O)C1=CCCOc2oc3cc(C)cc(O)c3c(=O)c21. The normalized spacial score (nSPS) is 13.8. The Balaban J connectivity index is 2.40. The molecule has 1 aromatic heterocycles. The van der Waals surface area contributed by atoms with Crippen molar-refractivity contribution in [2.24, 2.45) is 0 Å². The quantitative estimate of drug-likeness (QED) is 0.812. The minimum atomic E-state index is -0.648. The van der Waals surface area contributed by atoms with Crippen LogP contribution in [0.15, 0.2) is 27.4 Å². The van der Waals surface area contributed by atoms with Crippen LogP contribution in [0.5, 0.6) is 11.7 Å². The van der Waals surface area contributed by atoms with Crippen LogP contribution in [0.1, 0.15) is 17.5 Å². The molecule has 6 nitrogen and oxygen atoms in total. The lowest BCUT2D eigenvalue weighted by Gasteiger charge is -2.10. The molecular formula is C16H14O6. The molecule has 0 unspecified atom stereocenters. The third kappa shape index (κ3) is 2.13. The van der Waals surface area contributed by atoms with Gasteiger partial charge in [-0.1, -0.05) is 6.08 Å². The molecule has 3 rings (SSSR count). The first-order valence-corrected chi connectivity index (χ1v) is 6.75. The molecule has 0 aliphatic carbocycles. The number of phenolic OH excluding ortho intramolecular Hbond substituents is 1. The highest BCUT2D eigenvalue weighted by molar-refractivity contribution is 6.17. The first-order valence-electron chi connectivity index (χ1n) is 6.75. The Morgan fingerprint density at radius 1 is 1.36 bits per heavy atom. The van der Waals surface area contributed by atoms with Gasteiger partial charge in [0.25, 0.3) is 5.95 Å². The van der Waals surface area contributed by atoms with Crippen LogP contribution < -0.4 is 10.2 Å². The molecule has 0 bridgehead atoms. The van der Waals surface area contributed by atoms with Gasteiger partial charge in [-0.15, -0.1) is 0 Å². The number of benzene rings is 1. The summed E-state index contributed by atoms with van der Waals surface area (Å²) in [4.78, 5) is 24.7. The summed E-state index contributed by atoms with van der Waals surface area (Å²) >= 11 is 0. The second kappa shape index (κ2) is 5.22. The average Bonchev–Trinajstić information content (AvgIpc) is 2.68. The molecule has 1 aliphatic rings. The first-order chi connectivity index (χ1) is 10.5. The summed E-state index contributed by atoms with van der Waals surface area (Å²) in [7, 11) is 1.23. The van der Waals surface area contributed by atoms with E-state index in [0.717, 1.165) is 5.56 Å². The Morgan fingerprint density at radius 3 is 2.86 bits per heavy atom. The van der Waals surface area contributed by atoms with Gasteiger partial charge in [0.05, 0.1) is 19.3 Å². The second-order valence-corrected chi connectivity index (χ2v) is 5.00. The van der Waals surface area contributed by atoms with Crippen molar-refractivity contribution < 1.29 is 23.8 Å². The van der Waals surface area contributed by atoms with Gasteiger partial charge >= 0.3 is 5.97 Å². The maximum atomic E-state index is 12.7. The molecule has 0 amide bonds. The highest BCUT2D eigenvalue weighted by Gasteiger charge is 2.27. The number of carbonyl (C=O) groups excluding carboxylic acids is 1. The van der Waals surface area contributed by atoms with Crippen LogP contribution in [-0.2, 0) is 9.53 Å². The van der Waals surface area contributed by atoms with E-state index in [9.17, 15) is 14.7 Å². The van der Waals surface area contributed by atoms with Crippen LogP contribution in [0.25, 0.3) is 16.5 Å². The molecule has 22 heavy (non-hydrogen) atoms. The fourth-order valence-corrected chi connectivity index (χ4v) is 2.50. The number of fused-ring (bicyclic) bond motifs is 2. The maximum absolute atomic E-state index is 12.7. The molecule has 0 saturated heterocycles. The number of methoxy groups -OCH3 is 1. The van der Waals surface area contributed by atoms with Crippen LogP contribution >= 0.6 is 0 Å². The monoisotopic (exact) mass is 302 g/mol. The van der Waals surface area contributed by atoms with Gasteiger partial charge < -0.3 is 19.0 Å². The molecule has 1 aromatic carbocycles. The van der Waals surface area contributed by atoms with Crippen LogP contribution in [0, 0.1) is 6.92 Å². The van der Waals surface area contributed by atoms with E-state index in [1.54, 1.807) is 19.1 Å². The molecule has 0 spiro atoms. The molecule has 0 saturated carbocycles. The number of hydrogen-bond donors (Lipinski definition) is 1. The third-order valence-corrected chi connectivity index (χ3v) is 3.46. The highest BCUT2D eigenvalue weighted by atomic mass is 16.6. The number of carbonyl (C=O) groups is 1. The highest BCUT2D eigenvalue weighted by Crippen LogP contribution is 2.33. The summed E-state index contributed by atoms with van der Waals surface area (Å²) in [5, 5.41) is 10.1. The van der Waals surface area contributed by atoms with Crippen molar-refractivity contribution in [1.82, 2.24) is 0 Å². The molecule has 1 aliphatic heterocycles. The zero-order valence-corrected chi connectivity index (χ0v) is 12.1. The predicted octanol–water partition coefficient (Wildman–Crippen LogP) is 2.15. The van der Waals surface area contributed by atoms with E-state index in [-0.39, 0.29) is 40.4 Å². The number of esters is 1.